The van der Waals surface area contributed by atoms with Gasteiger partial charge >= 0.3 is 6.18 Å². The van der Waals surface area contributed by atoms with E-state index in [1.807, 2.05) is 0 Å². The van der Waals surface area contributed by atoms with Gasteiger partial charge in [0.25, 0.3) is 0 Å². The third-order valence-electron chi connectivity index (χ3n) is 4.62. The molecule has 0 spiro atoms. The Morgan fingerprint density at radius 1 is 1.14 bits per heavy atom. The smallest absolute Gasteiger partial charge is 0.325 e. The monoisotopic (exact) mass is 297 g/mol. The van der Waals surface area contributed by atoms with Crippen LogP contribution in [0.3, 0.4) is 0 Å². The normalized spacial score (nSPS) is 23.0. The molecule has 1 aromatic rings. The van der Waals surface area contributed by atoms with Crippen molar-refractivity contribution in [2.45, 2.75) is 50.6 Å². The van der Waals surface area contributed by atoms with Crippen molar-refractivity contribution < 1.29 is 18.0 Å². The average molecular weight is 297 g/mol. The Kier molecular flexibility index (Phi) is 3.68. The van der Waals surface area contributed by atoms with Gasteiger partial charge in [-0.15, -0.1) is 0 Å². The fraction of sp³-hybridized carbons (Fsp3) is 0.562. The number of rotatable bonds is 2. The van der Waals surface area contributed by atoms with E-state index >= 15 is 0 Å². The fourth-order valence-electron chi connectivity index (χ4n) is 3.49. The molecule has 5 heteroatoms. The van der Waals surface area contributed by atoms with Gasteiger partial charge in [-0.2, -0.15) is 13.2 Å². The van der Waals surface area contributed by atoms with E-state index in [1.54, 1.807) is 0 Å². The molecule has 1 unspecified atom stereocenters. The molecule has 1 amide bonds. The summed E-state index contributed by atoms with van der Waals surface area (Å²) in [6, 6.07) is 3.54. The molecule has 2 aliphatic rings. The van der Waals surface area contributed by atoms with Crippen molar-refractivity contribution >= 4 is 11.6 Å². The number of nitrogens with one attached hydrogen (secondary N) is 1. The van der Waals surface area contributed by atoms with Crippen LogP contribution in [0.4, 0.5) is 18.9 Å². The molecule has 1 aliphatic heterocycles. The Hall–Kier alpha value is -1.52. The molecule has 0 radical (unpaired) electrons. The molecule has 1 aliphatic carbocycles. The Bertz CT molecular complexity index is 547. The number of carbonyl (C=O) groups excluding carboxylic acids is 1. The summed E-state index contributed by atoms with van der Waals surface area (Å²) in [4.78, 5) is 12.1. The summed E-state index contributed by atoms with van der Waals surface area (Å²) in [6.07, 6.45) is 2.01. The van der Waals surface area contributed by atoms with Crippen LogP contribution in [-0.4, -0.2) is 5.91 Å². The number of hydrogen-bond donors (Lipinski definition) is 1. The van der Waals surface area contributed by atoms with E-state index in [2.05, 4.69) is 5.32 Å². The SMILES string of the molecule is O=C1Nc2ccc(C(F)(F)F)cc2C1CC1CCCCC1. The molecule has 1 saturated carbocycles. The summed E-state index contributed by atoms with van der Waals surface area (Å²) in [5, 5.41) is 2.71. The van der Waals surface area contributed by atoms with Crippen molar-refractivity contribution in [3.63, 3.8) is 0 Å². The van der Waals surface area contributed by atoms with Crippen LogP contribution in [0.15, 0.2) is 18.2 Å². The quantitative estimate of drug-likeness (QED) is 0.841. The van der Waals surface area contributed by atoms with Crippen molar-refractivity contribution in [2.75, 3.05) is 5.32 Å². The minimum Gasteiger partial charge on any atom is -0.325 e. The molecular formula is C16H18F3NO. The Morgan fingerprint density at radius 3 is 2.52 bits per heavy atom. The first-order valence-electron chi connectivity index (χ1n) is 7.47. The van der Waals surface area contributed by atoms with Gasteiger partial charge in [0.2, 0.25) is 5.91 Å². The number of fused-ring (bicyclic) bond motifs is 1. The fourth-order valence-corrected chi connectivity index (χ4v) is 3.49. The molecule has 1 fully saturated rings. The Morgan fingerprint density at radius 2 is 1.86 bits per heavy atom. The summed E-state index contributed by atoms with van der Waals surface area (Å²) in [5.74, 6) is -0.129. The van der Waals surface area contributed by atoms with E-state index in [0.717, 1.165) is 37.8 Å². The molecule has 0 aromatic heterocycles. The van der Waals surface area contributed by atoms with Crippen LogP contribution in [0.5, 0.6) is 0 Å². The standard InChI is InChI=1S/C16H18F3NO/c17-16(18,19)11-6-7-14-12(9-11)13(15(21)20-14)8-10-4-2-1-3-5-10/h6-7,9-10,13H,1-5,8H2,(H,20,21). The number of amides is 1. The van der Waals surface area contributed by atoms with Crippen LogP contribution in [-0.2, 0) is 11.0 Å². The molecule has 1 heterocycles. The van der Waals surface area contributed by atoms with Gasteiger partial charge in [0, 0.05) is 5.69 Å². The third kappa shape index (κ3) is 2.92. The van der Waals surface area contributed by atoms with Crippen LogP contribution in [0.1, 0.15) is 55.6 Å². The van der Waals surface area contributed by atoms with E-state index in [4.69, 9.17) is 0 Å². The first-order valence-corrected chi connectivity index (χ1v) is 7.47. The van der Waals surface area contributed by atoms with Gasteiger partial charge in [0.1, 0.15) is 0 Å². The maximum atomic E-state index is 12.8. The van der Waals surface area contributed by atoms with E-state index < -0.39 is 17.7 Å². The lowest BCUT2D eigenvalue weighted by Gasteiger charge is -2.23. The number of carbonyl (C=O) groups is 1. The second kappa shape index (κ2) is 5.35. The van der Waals surface area contributed by atoms with E-state index in [0.29, 0.717) is 23.6 Å². The summed E-state index contributed by atoms with van der Waals surface area (Å²) in [7, 11) is 0. The lowest BCUT2D eigenvalue weighted by atomic mass is 9.81. The minimum atomic E-state index is -4.37. The lowest BCUT2D eigenvalue weighted by Crippen LogP contribution is -2.17. The molecule has 0 bridgehead atoms. The van der Waals surface area contributed by atoms with Crippen LogP contribution >= 0.6 is 0 Å². The minimum absolute atomic E-state index is 0.158. The highest BCUT2D eigenvalue weighted by atomic mass is 19.4. The summed E-state index contributed by atoms with van der Waals surface area (Å²) in [6.45, 7) is 0. The Labute approximate surface area is 121 Å². The summed E-state index contributed by atoms with van der Waals surface area (Å²) < 4.78 is 38.5. The first kappa shape index (κ1) is 14.4. The zero-order valence-electron chi connectivity index (χ0n) is 11.7. The van der Waals surface area contributed by atoms with Crippen LogP contribution in [0.25, 0.3) is 0 Å². The maximum Gasteiger partial charge on any atom is 0.416 e. The van der Waals surface area contributed by atoms with Crippen LogP contribution in [0.2, 0.25) is 0 Å². The molecule has 0 saturated heterocycles. The predicted molar refractivity (Wildman–Crippen MR) is 74.0 cm³/mol. The zero-order valence-corrected chi connectivity index (χ0v) is 11.7. The molecule has 1 atom stereocenters. The van der Waals surface area contributed by atoms with Crippen molar-refractivity contribution in [3.8, 4) is 0 Å². The van der Waals surface area contributed by atoms with Crippen molar-refractivity contribution in [2.24, 2.45) is 5.92 Å². The largest absolute Gasteiger partial charge is 0.416 e. The highest BCUT2D eigenvalue weighted by Crippen LogP contribution is 2.42. The maximum absolute atomic E-state index is 12.8. The summed E-state index contributed by atoms with van der Waals surface area (Å²) >= 11 is 0. The van der Waals surface area contributed by atoms with Gasteiger partial charge in [-0.3, -0.25) is 4.79 Å². The van der Waals surface area contributed by atoms with Gasteiger partial charge in [-0.05, 0) is 36.1 Å². The molecule has 2 nitrogen and oxygen atoms in total. The molecule has 3 rings (SSSR count). The predicted octanol–water partition coefficient (Wildman–Crippen LogP) is 4.71. The van der Waals surface area contributed by atoms with Crippen LogP contribution < -0.4 is 5.32 Å². The highest BCUT2D eigenvalue weighted by Gasteiger charge is 2.37. The number of halogens is 3. The zero-order chi connectivity index (χ0) is 15.0. The van der Waals surface area contributed by atoms with Gasteiger partial charge in [-0.1, -0.05) is 32.1 Å². The van der Waals surface area contributed by atoms with Gasteiger partial charge in [0.05, 0.1) is 11.5 Å². The third-order valence-corrected chi connectivity index (χ3v) is 4.62. The van der Waals surface area contributed by atoms with Gasteiger partial charge < -0.3 is 5.32 Å². The second-order valence-electron chi connectivity index (χ2n) is 6.08. The molecule has 1 aromatic carbocycles. The molecule has 1 N–H and O–H groups in total. The average Bonchev–Trinajstić information content (AvgIpc) is 2.75. The first-order chi connectivity index (χ1) is 9.95. The van der Waals surface area contributed by atoms with Crippen molar-refractivity contribution in [1.82, 2.24) is 0 Å². The molecular weight excluding hydrogens is 279 g/mol. The van der Waals surface area contributed by atoms with Crippen molar-refractivity contribution in [1.29, 1.82) is 0 Å². The van der Waals surface area contributed by atoms with Gasteiger partial charge in [-0.25, -0.2) is 0 Å². The van der Waals surface area contributed by atoms with Gasteiger partial charge in [0.15, 0.2) is 0 Å². The molecule has 21 heavy (non-hydrogen) atoms. The Balaban J connectivity index is 1.85. The van der Waals surface area contributed by atoms with Crippen LogP contribution in [0, 0.1) is 5.92 Å². The number of benzene rings is 1. The van der Waals surface area contributed by atoms with E-state index in [1.165, 1.54) is 12.5 Å². The van der Waals surface area contributed by atoms with E-state index in [-0.39, 0.29) is 5.91 Å². The number of alkyl halides is 3. The van der Waals surface area contributed by atoms with Crippen molar-refractivity contribution in [3.05, 3.63) is 29.3 Å². The summed E-state index contributed by atoms with van der Waals surface area (Å²) in [5.41, 5.74) is 0.376. The molecule has 114 valence electrons. The number of anilines is 1. The highest BCUT2D eigenvalue weighted by molar-refractivity contribution is 6.02. The van der Waals surface area contributed by atoms with E-state index in [9.17, 15) is 18.0 Å². The topological polar surface area (TPSA) is 29.1 Å². The number of hydrogen-bond acceptors (Lipinski definition) is 1. The second-order valence-corrected chi connectivity index (χ2v) is 6.08. The lowest BCUT2D eigenvalue weighted by molar-refractivity contribution is -0.137.